The molecule has 198 valence electrons. The average molecular weight is 511 g/mol. The van der Waals surface area contributed by atoms with Gasteiger partial charge in [-0.1, -0.05) is 26.8 Å². The molecule has 2 heterocycles. The molecular weight excluding hydrogens is 476 g/mol. The summed E-state index contributed by atoms with van der Waals surface area (Å²) in [6.07, 6.45) is 3.35. The molecule has 0 spiro atoms. The maximum absolute atomic E-state index is 13.0. The second kappa shape index (κ2) is 11.0. The molecule has 0 fully saturated rings. The topological polar surface area (TPSA) is 133 Å². The molecule has 0 aliphatic heterocycles. The highest BCUT2D eigenvalue weighted by Crippen LogP contribution is 2.42. The van der Waals surface area contributed by atoms with Gasteiger partial charge in [-0.15, -0.1) is 0 Å². The van der Waals surface area contributed by atoms with Crippen molar-refractivity contribution < 1.29 is 23.4 Å². The molecule has 1 aromatic carbocycles. The van der Waals surface area contributed by atoms with Gasteiger partial charge in [-0.05, 0) is 54.5 Å². The molecule has 0 radical (unpaired) electrons. The van der Waals surface area contributed by atoms with E-state index in [1.807, 2.05) is 19.9 Å². The van der Waals surface area contributed by atoms with Gasteiger partial charge in [-0.3, -0.25) is 4.79 Å². The lowest BCUT2D eigenvalue weighted by Crippen LogP contribution is -2.22. The minimum absolute atomic E-state index is 0.0195. The van der Waals surface area contributed by atoms with E-state index >= 15 is 0 Å². The van der Waals surface area contributed by atoms with E-state index in [9.17, 15) is 4.79 Å². The smallest absolute Gasteiger partial charge is 0.399 e. The minimum atomic E-state index is -0.557. The number of ether oxygens (including phenoxy) is 3. The molecular formula is C26H34N6O5. The van der Waals surface area contributed by atoms with Crippen LogP contribution in [0.3, 0.4) is 0 Å². The summed E-state index contributed by atoms with van der Waals surface area (Å²) in [5.41, 5.74) is 3.86. The van der Waals surface area contributed by atoms with E-state index in [0.717, 1.165) is 31.5 Å². The van der Waals surface area contributed by atoms with Gasteiger partial charge in [-0.25, -0.2) is 0 Å². The third-order valence-electron chi connectivity index (χ3n) is 6.37. The molecule has 0 unspecified atom stereocenters. The van der Waals surface area contributed by atoms with Crippen LogP contribution < -0.4 is 30.2 Å². The first-order chi connectivity index (χ1) is 17.7. The van der Waals surface area contributed by atoms with Gasteiger partial charge in [-0.2, -0.15) is 15.0 Å². The predicted molar refractivity (Wildman–Crippen MR) is 139 cm³/mol. The molecule has 0 bridgehead atoms. The van der Waals surface area contributed by atoms with Crippen molar-refractivity contribution in [1.29, 1.82) is 0 Å². The zero-order valence-corrected chi connectivity index (χ0v) is 22.2. The zero-order chi connectivity index (χ0) is 26.6. The minimum Gasteiger partial charge on any atom is -0.479 e. The second-order valence-electron chi connectivity index (χ2n) is 9.43. The molecule has 37 heavy (non-hydrogen) atoms. The van der Waals surface area contributed by atoms with Crippen molar-refractivity contribution >= 4 is 17.5 Å². The fourth-order valence-corrected chi connectivity index (χ4v) is 4.30. The molecule has 1 aliphatic rings. The Labute approximate surface area is 216 Å². The summed E-state index contributed by atoms with van der Waals surface area (Å²) >= 11 is 0. The van der Waals surface area contributed by atoms with Crippen LogP contribution in [0.25, 0.3) is 0 Å². The number of oxazole rings is 1. The quantitative estimate of drug-likeness (QED) is 0.324. The van der Waals surface area contributed by atoms with Crippen molar-refractivity contribution in [2.75, 3.05) is 44.5 Å². The number of hydrogen-bond donors (Lipinski definition) is 3. The molecule has 0 saturated carbocycles. The van der Waals surface area contributed by atoms with Crippen LogP contribution in [0.5, 0.6) is 23.6 Å². The van der Waals surface area contributed by atoms with Crippen LogP contribution in [0.4, 0.5) is 11.6 Å². The third-order valence-corrected chi connectivity index (χ3v) is 6.37. The van der Waals surface area contributed by atoms with E-state index in [4.69, 9.17) is 18.6 Å². The lowest BCUT2D eigenvalue weighted by atomic mass is 9.86. The molecule has 3 aromatic rings. The summed E-state index contributed by atoms with van der Waals surface area (Å²) in [7, 11) is 2.89. The largest absolute Gasteiger partial charge is 0.479 e. The summed E-state index contributed by atoms with van der Waals surface area (Å²) in [4.78, 5) is 25.8. The molecule has 1 amide bonds. The number of rotatable bonds is 11. The van der Waals surface area contributed by atoms with Crippen molar-refractivity contribution in [2.45, 2.75) is 46.0 Å². The van der Waals surface area contributed by atoms with Crippen molar-refractivity contribution in [3.8, 4) is 23.6 Å². The van der Waals surface area contributed by atoms with Gasteiger partial charge in [0.2, 0.25) is 17.7 Å². The van der Waals surface area contributed by atoms with Gasteiger partial charge >= 0.3 is 6.08 Å². The van der Waals surface area contributed by atoms with Crippen LogP contribution in [-0.4, -0.2) is 54.7 Å². The number of anilines is 2. The van der Waals surface area contributed by atoms with Crippen LogP contribution >= 0.6 is 0 Å². The number of nitrogens with zero attached hydrogens (tertiary/aromatic N) is 3. The first kappa shape index (κ1) is 26.2. The van der Waals surface area contributed by atoms with Gasteiger partial charge in [0.25, 0.3) is 5.91 Å². The first-order valence-electron chi connectivity index (χ1n) is 12.3. The number of fused-ring (bicyclic) bond motifs is 1. The monoisotopic (exact) mass is 510 g/mol. The molecule has 0 saturated heterocycles. The van der Waals surface area contributed by atoms with Gasteiger partial charge < -0.3 is 34.6 Å². The normalized spacial score (nSPS) is 13.7. The van der Waals surface area contributed by atoms with Crippen LogP contribution in [-0.2, 0) is 11.8 Å². The Morgan fingerprint density at radius 3 is 2.51 bits per heavy atom. The molecule has 3 N–H and O–H groups in total. The van der Waals surface area contributed by atoms with Gasteiger partial charge in [0, 0.05) is 13.1 Å². The van der Waals surface area contributed by atoms with Crippen molar-refractivity contribution in [1.82, 2.24) is 20.3 Å². The number of methoxy groups -OCH3 is 2. The Hall–Kier alpha value is -3.86. The summed E-state index contributed by atoms with van der Waals surface area (Å²) < 4.78 is 22.1. The molecule has 11 nitrogen and oxygen atoms in total. The molecule has 0 atom stereocenters. The number of aryl methyl sites for hydroxylation is 2. The number of nitrogens with one attached hydrogen (secondary N) is 3. The fraction of sp³-hybridized carbons (Fsp3) is 0.462. The van der Waals surface area contributed by atoms with Crippen molar-refractivity contribution in [3.63, 3.8) is 0 Å². The molecule has 1 aliphatic carbocycles. The Bertz CT molecular complexity index is 1250. The maximum atomic E-state index is 13.0. The predicted octanol–water partition coefficient (Wildman–Crippen LogP) is 4.08. The van der Waals surface area contributed by atoms with Crippen LogP contribution in [0.15, 0.2) is 22.8 Å². The summed E-state index contributed by atoms with van der Waals surface area (Å²) in [6.45, 7) is 10.7. The number of benzene rings is 1. The highest BCUT2D eigenvalue weighted by atomic mass is 16.6. The number of hydrogen-bond acceptors (Lipinski definition) is 10. The fourth-order valence-electron chi connectivity index (χ4n) is 4.30. The molecule has 2 aromatic heterocycles. The lowest BCUT2D eigenvalue weighted by Gasteiger charge is -2.20. The SMILES string of the molecule is CCNCCNc1nc(OC)c(NC(=O)c2coc(Oc3cc4c(cc3C)CCC4(C)C)n2)c(OC)n1. The first-order valence-corrected chi connectivity index (χ1v) is 12.3. The zero-order valence-electron chi connectivity index (χ0n) is 22.2. The van der Waals surface area contributed by atoms with E-state index in [2.05, 4.69) is 50.8 Å². The average Bonchev–Trinajstić information content (AvgIpc) is 3.46. The van der Waals surface area contributed by atoms with Gasteiger partial charge in [0.05, 0.1) is 14.2 Å². The molecule has 11 heteroatoms. The number of amides is 1. The lowest BCUT2D eigenvalue weighted by molar-refractivity contribution is 0.102. The van der Waals surface area contributed by atoms with Crippen LogP contribution in [0, 0.1) is 6.92 Å². The number of carbonyl (C=O) groups excluding carboxylic acids is 1. The second-order valence-corrected chi connectivity index (χ2v) is 9.43. The van der Waals surface area contributed by atoms with Crippen molar-refractivity contribution in [2.24, 2.45) is 0 Å². The Balaban J connectivity index is 1.49. The summed E-state index contributed by atoms with van der Waals surface area (Å²) in [6, 6.07) is 4.19. The standard InChI is InChI=1S/C26H34N6O5/c1-7-27-10-11-28-24-31-22(34-5)20(23(32-24)35-6)30-21(33)18-14-36-25(29-18)37-19-13-17-16(12-15(19)2)8-9-26(17,3)4/h12-14,27H,7-11H2,1-6H3,(H,30,33)(H,28,31,32). The van der Waals surface area contributed by atoms with E-state index in [1.54, 1.807) is 0 Å². The third kappa shape index (κ3) is 5.77. The molecule has 4 rings (SSSR count). The van der Waals surface area contributed by atoms with Crippen LogP contribution in [0.2, 0.25) is 0 Å². The summed E-state index contributed by atoms with van der Waals surface area (Å²) in [5, 5.41) is 9.00. The number of carbonyl (C=O) groups is 1. The highest BCUT2D eigenvalue weighted by Gasteiger charge is 2.31. The summed E-state index contributed by atoms with van der Waals surface area (Å²) in [5.74, 6) is 0.689. The number of likely N-dealkylation sites (N-methyl/N-ethyl adjacent to an activating group) is 1. The van der Waals surface area contributed by atoms with E-state index < -0.39 is 5.91 Å². The Morgan fingerprint density at radius 2 is 1.84 bits per heavy atom. The van der Waals surface area contributed by atoms with E-state index in [1.165, 1.54) is 31.6 Å². The van der Waals surface area contributed by atoms with E-state index in [-0.39, 0.29) is 34.6 Å². The number of aromatic nitrogens is 3. The maximum Gasteiger partial charge on any atom is 0.399 e. The van der Waals surface area contributed by atoms with Crippen molar-refractivity contribution in [3.05, 3.63) is 40.8 Å². The Kier molecular flexibility index (Phi) is 7.82. The van der Waals surface area contributed by atoms with Gasteiger partial charge in [0.1, 0.15) is 12.0 Å². The van der Waals surface area contributed by atoms with E-state index in [0.29, 0.717) is 18.2 Å². The van der Waals surface area contributed by atoms with Crippen LogP contribution in [0.1, 0.15) is 54.4 Å². The van der Waals surface area contributed by atoms with Gasteiger partial charge in [0.15, 0.2) is 11.4 Å². The Morgan fingerprint density at radius 1 is 1.11 bits per heavy atom. The highest BCUT2D eigenvalue weighted by molar-refractivity contribution is 6.04.